The van der Waals surface area contributed by atoms with Crippen LogP contribution in [0.5, 0.6) is 0 Å². The average molecular weight is 227 g/mol. The molecule has 0 aromatic heterocycles. The second-order valence-electron chi connectivity index (χ2n) is 3.62. The molecule has 0 aliphatic rings. The molecule has 0 aromatic carbocycles. The van der Waals surface area contributed by atoms with Crippen molar-refractivity contribution < 1.29 is 9.53 Å². The largest absolute Gasteiger partial charge is 0.383 e. The van der Waals surface area contributed by atoms with Crippen LogP contribution in [0.25, 0.3) is 0 Å². The summed E-state index contributed by atoms with van der Waals surface area (Å²) in [6.45, 7) is 3.38. The van der Waals surface area contributed by atoms with Gasteiger partial charge in [-0.2, -0.15) is 5.26 Å². The Morgan fingerprint density at radius 1 is 1.56 bits per heavy atom. The molecule has 0 saturated heterocycles. The predicted molar refractivity (Wildman–Crippen MR) is 61.6 cm³/mol. The molecule has 0 rings (SSSR count). The van der Waals surface area contributed by atoms with Crippen LogP contribution in [0.15, 0.2) is 0 Å². The summed E-state index contributed by atoms with van der Waals surface area (Å²) < 4.78 is 4.92. The van der Waals surface area contributed by atoms with Crippen LogP contribution in [0.3, 0.4) is 0 Å². The molecule has 0 fully saturated rings. The molecule has 5 heteroatoms. The third-order valence-electron chi connectivity index (χ3n) is 2.29. The molecule has 0 saturated carbocycles. The van der Waals surface area contributed by atoms with Gasteiger partial charge in [0.25, 0.3) is 0 Å². The van der Waals surface area contributed by atoms with Gasteiger partial charge in [-0.3, -0.25) is 4.79 Å². The zero-order chi connectivity index (χ0) is 12.4. The fraction of sp³-hybridized carbons (Fsp3) is 0.818. The minimum absolute atomic E-state index is 0.0887. The summed E-state index contributed by atoms with van der Waals surface area (Å²) in [5.74, 6) is -0.0887. The van der Waals surface area contributed by atoms with Crippen LogP contribution in [0.4, 0.5) is 0 Å². The highest BCUT2D eigenvalue weighted by molar-refractivity contribution is 5.81. The highest BCUT2D eigenvalue weighted by Gasteiger charge is 2.19. The minimum Gasteiger partial charge on any atom is -0.383 e. The quantitative estimate of drug-likeness (QED) is 0.655. The molecule has 16 heavy (non-hydrogen) atoms. The summed E-state index contributed by atoms with van der Waals surface area (Å²) in [6.07, 6.45) is 1.88. The van der Waals surface area contributed by atoms with E-state index in [1.54, 1.807) is 12.0 Å². The smallest absolute Gasteiger partial charge is 0.239 e. The van der Waals surface area contributed by atoms with E-state index in [2.05, 4.69) is 0 Å². The second-order valence-corrected chi connectivity index (χ2v) is 3.62. The van der Waals surface area contributed by atoms with Gasteiger partial charge >= 0.3 is 0 Å². The van der Waals surface area contributed by atoms with E-state index < -0.39 is 6.04 Å². The van der Waals surface area contributed by atoms with E-state index in [1.165, 1.54) is 0 Å². The fourth-order valence-electron chi connectivity index (χ4n) is 1.39. The first-order valence-corrected chi connectivity index (χ1v) is 5.57. The number of nitrogens with zero attached hydrogens (tertiary/aromatic N) is 2. The first-order valence-electron chi connectivity index (χ1n) is 5.57. The number of nitriles is 1. The van der Waals surface area contributed by atoms with E-state index >= 15 is 0 Å². The lowest BCUT2D eigenvalue weighted by Gasteiger charge is -2.24. The Morgan fingerprint density at radius 3 is 2.75 bits per heavy atom. The van der Waals surface area contributed by atoms with E-state index in [0.717, 1.165) is 6.42 Å². The molecule has 0 aliphatic heterocycles. The monoisotopic (exact) mass is 227 g/mol. The van der Waals surface area contributed by atoms with E-state index in [9.17, 15) is 4.79 Å². The number of carbonyl (C=O) groups is 1. The van der Waals surface area contributed by atoms with Crippen LogP contribution >= 0.6 is 0 Å². The van der Waals surface area contributed by atoms with Crippen molar-refractivity contribution >= 4 is 5.91 Å². The molecule has 2 N–H and O–H groups in total. The summed E-state index contributed by atoms with van der Waals surface area (Å²) in [5, 5.41) is 8.51. The Morgan fingerprint density at radius 2 is 2.25 bits per heavy atom. The van der Waals surface area contributed by atoms with Gasteiger partial charge in [0.05, 0.1) is 25.1 Å². The van der Waals surface area contributed by atoms with Gasteiger partial charge in [-0.25, -0.2) is 0 Å². The van der Waals surface area contributed by atoms with Crippen molar-refractivity contribution in [3.63, 3.8) is 0 Å². The van der Waals surface area contributed by atoms with Gasteiger partial charge in [0.1, 0.15) is 0 Å². The van der Waals surface area contributed by atoms with Crippen molar-refractivity contribution in [2.75, 3.05) is 26.8 Å². The van der Waals surface area contributed by atoms with E-state index in [1.807, 2.05) is 13.0 Å². The summed E-state index contributed by atoms with van der Waals surface area (Å²) >= 11 is 0. The number of nitrogens with two attached hydrogens (primary N) is 1. The summed E-state index contributed by atoms with van der Waals surface area (Å²) in [7, 11) is 1.58. The molecular weight excluding hydrogens is 206 g/mol. The van der Waals surface area contributed by atoms with Gasteiger partial charge in [0, 0.05) is 20.2 Å². The standard InChI is InChI=1S/C11H21N3O2/c1-3-5-10(13)11(15)14(7-4-6-12)8-9-16-2/h10H,3-5,7-9,13H2,1-2H3/t10-/m1/s1. The fourth-order valence-corrected chi connectivity index (χ4v) is 1.39. The molecule has 0 aliphatic carbocycles. The number of carbonyl (C=O) groups excluding carboxylic acids is 1. The van der Waals surface area contributed by atoms with E-state index in [-0.39, 0.29) is 5.91 Å². The van der Waals surface area contributed by atoms with Gasteiger partial charge in [0.2, 0.25) is 5.91 Å². The lowest BCUT2D eigenvalue weighted by molar-refractivity contribution is -0.133. The number of hydrogen-bond donors (Lipinski definition) is 1. The van der Waals surface area contributed by atoms with Crippen LogP contribution in [-0.2, 0) is 9.53 Å². The van der Waals surface area contributed by atoms with E-state index in [0.29, 0.717) is 32.5 Å². The maximum Gasteiger partial charge on any atom is 0.239 e. The van der Waals surface area contributed by atoms with Crippen LogP contribution in [0.2, 0.25) is 0 Å². The third-order valence-corrected chi connectivity index (χ3v) is 2.29. The maximum absolute atomic E-state index is 11.9. The number of amides is 1. The van der Waals surface area contributed by atoms with Crippen LogP contribution in [0, 0.1) is 11.3 Å². The summed E-state index contributed by atoms with van der Waals surface area (Å²) in [4.78, 5) is 13.5. The van der Waals surface area contributed by atoms with Crippen LogP contribution in [0.1, 0.15) is 26.2 Å². The zero-order valence-electron chi connectivity index (χ0n) is 10.1. The van der Waals surface area contributed by atoms with Crippen molar-refractivity contribution in [1.82, 2.24) is 4.90 Å². The molecule has 0 radical (unpaired) electrons. The average Bonchev–Trinajstić information content (AvgIpc) is 2.29. The van der Waals surface area contributed by atoms with Crippen molar-refractivity contribution in [2.24, 2.45) is 5.73 Å². The molecule has 0 unspecified atom stereocenters. The first-order chi connectivity index (χ1) is 7.67. The molecule has 0 aromatic rings. The molecule has 92 valence electrons. The Hall–Kier alpha value is -1.12. The third kappa shape index (κ3) is 5.69. The number of rotatable bonds is 8. The van der Waals surface area contributed by atoms with Gasteiger partial charge in [-0.15, -0.1) is 0 Å². The maximum atomic E-state index is 11.9. The SMILES string of the molecule is CCC[C@@H](N)C(=O)N(CCC#N)CCOC. The molecule has 0 spiro atoms. The van der Waals surface area contributed by atoms with Gasteiger partial charge in [-0.1, -0.05) is 13.3 Å². The molecule has 1 amide bonds. The topological polar surface area (TPSA) is 79.4 Å². The molecule has 0 heterocycles. The lowest BCUT2D eigenvalue weighted by Crippen LogP contribution is -2.45. The lowest BCUT2D eigenvalue weighted by atomic mass is 10.1. The zero-order valence-corrected chi connectivity index (χ0v) is 10.1. The summed E-state index contributed by atoms with van der Waals surface area (Å²) in [5.41, 5.74) is 5.76. The van der Waals surface area contributed by atoms with Gasteiger partial charge in [-0.05, 0) is 6.42 Å². The number of methoxy groups -OCH3 is 1. The highest BCUT2D eigenvalue weighted by Crippen LogP contribution is 2.01. The Bertz CT molecular complexity index is 238. The number of ether oxygens (including phenoxy) is 1. The normalized spacial score (nSPS) is 11.9. The highest BCUT2D eigenvalue weighted by atomic mass is 16.5. The van der Waals surface area contributed by atoms with Crippen LogP contribution < -0.4 is 5.73 Å². The molecule has 5 nitrogen and oxygen atoms in total. The summed E-state index contributed by atoms with van der Waals surface area (Å²) in [6, 6.07) is 1.57. The Labute approximate surface area is 97.2 Å². The van der Waals surface area contributed by atoms with Crippen LogP contribution in [-0.4, -0.2) is 43.7 Å². The second kappa shape index (κ2) is 9.13. The van der Waals surface area contributed by atoms with E-state index in [4.69, 9.17) is 15.7 Å². The molecule has 1 atom stereocenters. The van der Waals surface area contributed by atoms with Gasteiger partial charge < -0.3 is 15.4 Å². The predicted octanol–water partition coefficient (Wildman–Crippen LogP) is 0.502. The Balaban J connectivity index is 4.24. The molecular formula is C11H21N3O2. The number of hydrogen-bond acceptors (Lipinski definition) is 4. The van der Waals surface area contributed by atoms with Crippen molar-refractivity contribution in [2.45, 2.75) is 32.2 Å². The first kappa shape index (κ1) is 14.9. The van der Waals surface area contributed by atoms with Crippen molar-refractivity contribution in [3.05, 3.63) is 0 Å². The molecule has 0 bridgehead atoms. The minimum atomic E-state index is -0.458. The van der Waals surface area contributed by atoms with Gasteiger partial charge in [0.15, 0.2) is 0 Å². The Kier molecular flexibility index (Phi) is 8.49. The van der Waals surface area contributed by atoms with Crippen molar-refractivity contribution in [3.8, 4) is 6.07 Å². The van der Waals surface area contributed by atoms with Crippen molar-refractivity contribution in [1.29, 1.82) is 5.26 Å².